The molecule has 1 aliphatic rings. The first kappa shape index (κ1) is 27.2. The number of rotatable bonds is 9. The van der Waals surface area contributed by atoms with E-state index in [1.807, 2.05) is 7.05 Å². The van der Waals surface area contributed by atoms with Crippen molar-refractivity contribution in [3.05, 3.63) is 40.5 Å². The zero-order valence-electron chi connectivity index (χ0n) is 19.8. The first-order valence-electron chi connectivity index (χ1n) is 11.1. The maximum absolute atomic E-state index is 14.1. The van der Waals surface area contributed by atoms with Crippen molar-refractivity contribution in [3.63, 3.8) is 0 Å². The van der Waals surface area contributed by atoms with E-state index < -0.39 is 36.3 Å². The van der Waals surface area contributed by atoms with Crippen LogP contribution in [0.15, 0.2) is 12.1 Å². The molecule has 0 radical (unpaired) electrons. The van der Waals surface area contributed by atoms with Crippen LogP contribution in [0.4, 0.5) is 18.6 Å². The van der Waals surface area contributed by atoms with Gasteiger partial charge in [-0.1, -0.05) is 0 Å². The Morgan fingerprint density at radius 2 is 1.86 bits per heavy atom. The standard InChI is InChI=1S/C22H28F2N6O5S/c1-12-7-15(23)14(16(24)8-12)11-35-20-18(19(25)33)21(36-28-20)27-22(34)26-10-13(31)9-17(32)30-5-3-29(2)4-6-30/h7-8,13,31H,3-6,9-11H2,1-2H3,(H2,25,33)(H2,26,27,34). The molecule has 14 heteroatoms. The van der Waals surface area contributed by atoms with E-state index in [0.29, 0.717) is 30.2 Å². The minimum atomic E-state index is -1.11. The summed E-state index contributed by atoms with van der Waals surface area (Å²) in [5, 5.41) is 14.9. The number of aliphatic hydroxyl groups excluding tert-OH is 1. The van der Waals surface area contributed by atoms with Crippen LogP contribution >= 0.6 is 11.5 Å². The summed E-state index contributed by atoms with van der Waals surface area (Å²) in [6.45, 7) is 3.41. The number of nitrogens with two attached hydrogens (primary N) is 1. The first-order valence-corrected chi connectivity index (χ1v) is 11.9. The molecule has 1 saturated heterocycles. The van der Waals surface area contributed by atoms with Crippen molar-refractivity contribution in [3.8, 4) is 5.88 Å². The molecule has 196 valence electrons. The minimum Gasteiger partial charge on any atom is -0.471 e. The maximum Gasteiger partial charge on any atom is 0.320 e. The summed E-state index contributed by atoms with van der Waals surface area (Å²) in [5.74, 6) is -3.10. The van der Waals surface area contributed by atoms with Crippen molar-refractivity contribution < 1.29 is 33.0 Å². The zero-order chi connectivity index (χ0) is 26.4. The van der Waals surface area contributed by atoms with Crippen molar-refractivity contribution in [2.24, 2.45) is 5.73 Å². The molecule has 1 aliphatic heterocycles. The monoisotopic (exact) mass is 526 g/mol. The van der Waals surface area contributed by atoms with Gasteiger partial charge in [0.05, 0.1) is 18.1 Å². The average Bonchev–Trinajstić information content (AvgIpc) is 3.20. The highest BCUT2D eigenvalue weighted by Crippen LogP contribution is 2.31. The van der Waals surface area contributed by atoms with Crippen molar-refractivity contribution in [1.29, 1.82) is 0 Å². The molecule has 1 aromatic heterocycles. The van der Waals surface area contributed by atoms with Gasteiger partial charge in [-0.25, -0.2) is 13.6 Å². The molecule has 5 N–H and O–H groups in total. The number of carbonyl (C=O) groups is 3. The van der Waals surface area contributed by atoms with Gasteiger partial charge in [-0.15, -0.1) is 0 Å². The number of aliphatic hydroxyl groups is 1. The van der Waals surface area contributed by atoms with Crippen LogP contribution in [-0.2, 0) is 11.4 Å². The molecule has 1 fully saturated rings. The molecule has 0 aliphatic carbocycles. The van der Waals surface area contributed by atoms with Crippen LogP contribution in [-0.4, -0.2) is 83.0 Å². The van der Waals surface area contributed by atoms with E-state index in [1.54, 1.807) is 4.90 Å². The number of nitrogens with one attached hydrogen (secondary N) is 2. The van der Waals surface area contributed by atoms with Crippen LogP contribution < -0.4 is 21.1 Å². The van der Waals surface area contributed by atoms with Gasteiger partial charge in [0.1, 0.15) is 28.8 Å². The molecular weight excluding hydrogens is 498 g/mol. The highest BCUT2D eigenvalue weighted by atomic mass is 32.1. The van der Waals surface area contributed by atoms with E-state index in [1.165, 1.54) is 6.92 Å². The Morgan fingerprint density at radius 1 is 1.22 bits per heavy atom. The Balaban J connectivity index is 1.54. The molecule has 11 nitrogen and oxygen atoms in total. The van der Waals surface area contributed by atoms with Gasteiger partial charge in [-0.05, 0) is 43.2 Å². The number of ether oxygens (including phenoxy) is 1. The number of hydrogen-bond donors (Lipinski definition) is 4. The number of primary amides is 1. The van der Waals surface area contributed by atoms with Gasteiger partial charge >= 0.3 is 6.03 Å². The Bertz CT molecular complexity index is 1100. The highest BCUT2D eigenvalue weighted by Gasteiger charge is 2.24. The predicted octanol–water partition coefficient (Wildman–Crippen LogP) is 1.05. The molecule has 1 atom stereocenters. The molecule has 3 rings (SSSR count). The van der Waals surface area contributed by atoms with Crippen molar-refractivity contribution in [2.75, 3.05) is 45.1 Å². The number of anilines is 1. The average molecular weight is 527 g/mol. The normalized spacial score (nSPS) is 14.9. The highest BCUT2D eigenvalue weighted by molar-refractivity contribution is 7.11. The summed E-state index contributed by atoms with van der Waals surface area (Å²) in [5.41, 5.74) is 5.16. The van der Waals surface area contributed by atoms with E-state index in [4.69, 9.17) is 10.5 Å². The molecule has 0 saturated carbocycles. The summed E-state index contributed by atoms with van der Waals surface area (Å²) in [6.07, 6.45) is -1.26. The number of piperazine rings is 1. The van der Waals surface area contributed by atoms with Crippen LogP contribution in [0.2, 0.25) is 0 Å². The topological polar surface area (TPSA) is 150 Å². The smallest absolute Gasteiger partial charge is 0.320 e. The predicted molar refractivity (Wildman–Crippen MR) is 128 cm³/mol. The molecule has 4 amide bonds. The zero-order valence-corrected chi connectivity index (χ0v) is 20.7. The number of aromatic nitrogens is 1. The summed E-state index contributed by atoms with van der Waals surface area (Å²) in [4.78, 5) is 40.3. The van der Waals surface area contributed by atoms with Gasteiger partial charge in [0.15, 0.2) is 0 Å². The second-order valence-corrected chi connectivity index (χ2v) is 9.20. The lowest BCUT2D eigenvalue weighted by Gasteiger charge is -2.32. The van der Waals surface area contributed by atoms with Crippen LogP contribution in [0, 0.1) is 18.6 Å². The number of likely N-dealkylation sites (N-methyl/N-ethyl adjacent to an activating group) is 1. The lowest BCUT2D eigenvalue weighted by Crippen LogP contribution is -2.48. The number of benzene rings is 1. The van der Waals surface area contributed by atoms with E-state index in [2.05, 4.69) is 19.9 Å². The number of halogens is 2. The second kappa shape index (κ2) is 12.1. The van der Waals surface area contributed by atoms with Crippen LogP contribution in [0.5, 0.6) is 5.88 Å². The van der Waals surface area contributed by atoms with E-state index in [9.17, 15) is 28.3 Å². The number of aryl methyl sites for hydroxylation is 1. The molecular formula is C22H28F2N6O5S. The molecule has 0 spiro atoms. The summed E-state index contributed by atoms with van der Waals surface area (Å²) >= 11 is 0.680. The summed E-state index contributed by atoms with van der Waals surface area (Å²) < 4.78 is 37.3. The molecule has 1 unspecified atom stereocenters. The third-order valence-corrected chi connectivity index (χ3v) is 6.28. The van der Waals surface area contributed by atoms with Crippen molar-refractivity contribution in [1.82, 2.24) is 19.5 Å². The van der Waals surface area contributed by atoms with Gasteiger partial charge in [-0.3, -0.25) is 14.9 Å². The number of urea groups is 1. The molecule has 36 heavy (non-hydrogen) atoms. The van der Waals surface area contributed by atoms with Crippen molar-refractivity contribution >= 4 is 34.4 Å². The molecule has 2 heterocycles. The number of carbonyl (C=O) groups excluding carboxylic acids is 3. The number of amides is 4. The third kappa shape index (κ3) is 7.08. The fraction of sp³-hybridized carbons (Fsp3) is 0.455. The van der Waals surface area contributed by atoms with E-state index in [0.717, 1.165) is 25.2 Å². The van der Waals surface area contributed by atoms with Gasteiger partial charge in [-0.2, -0.15) is 4.37 Å². The van der Waals surface area contributed by atoms with Gasteiger partial charge in [0.2, 0.25) is 11.8 Å². The summed E-state index contributed by atoms with van der Waals surface area (Å²) in [7, 11) is 1.96. The Labute approximate surface area is 210 Å². The van der Waals surface area contributed by atoms with Gasteiger partial charge < -0.3 is 30.7 Å². The van der Waals surface area contributed by atoms with Gasteiger partial charge in [0, 0.05) is 32.7 Å². The lowest BCUT2D eigenvalue weighted by molar-refractivity contribution is -0.134. The number of nitrogens with zero attached hydrogens (tertiary/aromatic N) is 3. The van der Waals surface area contributed by atoms with Crippen LogP contribution in [0.25, 0.3) is 0 Å². The molecule has 2 aromatic rings. The van der Waals surface area contributed by atoms with Gasteiger partial charge in [0.25, 0.3) is 5.91 Å². The van der Waals surface area contributed by atoms with Crippen molar-refractivity contribution in [2.45, 2.75) is 26.1 Å². The Hall–Kier alpha value is -3.36. The fourth-order valence-corrected chi connectivity index (χ4v) is 4.24. The minimum absolute atomic E-state index is 0.0529. The Morgan fingerprint density at radius 3 is 2.47 bits per heavy atom. The van der Waals surface area contributed by atoms with Crippen LogP contribution in [0.1, 0.15) is 27.9 Å². The second-order valence-electron chi connectivity index (χ2n) is 8.43. The van der Waals surface area contributed by atoms with E-state index in [-0.39, 0.29) is 40.9 Å². The Kier molecular flexibility index (Phi) is 9.12. The third-order valence-electron chi connectivity index (χ3n) is 5.54. The SMILES string of the molecule is Cc1cc(F)c(COc2nsc(NC(=O)NCC(O)CC(=O)N3CCN(C)CC3)c2C(N)=O)c(F)c1. The quantitative estimate of drug-likeness (QED) is 0.382. The fourth-order valence-electron chi connectivity index (χ4n) is 3.50. The first-order chi connectivity index (χ1) is 17.0. The maximum atomic E-state index is 14.1. The lowest BCUT2D eigenvalue weighted by atomic mass is 10.1. The number of hydrogen-bond acceptors (Lipinski definition) is 8. The largest absolute Gasteiger partial charge is 0.471 e. The van der Waals surface area contributed by atoms with Crippen LogP contribution in [0.3, 0.4) is 0 Å². The van der Waals surface area contributed by atoms with E-state index >= 15 is 0 Å². The molecule has 1 aromatic carbocycles. The molecule has 0 bridgehead atoms. The summed E-state index contributed by atoms with van der Waals surface area (Å²) in [6, 6.07) is 1.50.